The fraction of sp³-hybridized carbons (Fsp3) is 0.250. The molecule has 1 aliphatic rings. The number of thioether (sulfide) groups is 1. The van der Waals surface area contributed by atoms with E-state index in [1.165, 1.54) is 22.9 Å². The minimum atomic E-state index is -0.193. The molecule has 1 saturated heterocycles. The number of nitrogens with one attached hydrogen (secondary N) is 1. The molecule has 3 rings (SSSR count). The Morgan fingerprint density at radius 1 is 1.15 bits per heavy atom. The van der Waals surface area contributed by atoms with Gasteiger partial charge in [0.05, 0.1) is 25.7 Å². The molecule has 1 N–H and O–H groups in total. The number of aryl methyl sites for hydroxylation is 1. The first-order valence-electron chi connectivity index (χ1n) is 8.46. The molecule has 1 heterocycles. The van der Waals surface area contributed by atoms with Crippen molar-refractivity contribution in [3.05, 3.63) is 59.2 Å². The summed E-state index contributed by atoms with van der Waals surface area (Å²) in [5, 5.41) is 11.3. The zero-order valence-corrected chi connectivity index (χ0v) is 16.2. The van der Waals surface area contributed by atoms with Gasteiger partial charge >= 0.3 is 0 Å². The summed E-state index contributed by atoms with van der Waals surface area (Å²) in [5.74, 6) is 1.23. The van der Waals surface area contributed by atoms with Crippen molar-refractivity contribution >= 4 is 29.1 Å². The van der Waals surface area contributed by atoms with Crippen LogP contribution in [-0.4, -0.2) is 36.8 Å². The van der Waals surface area contributed by atoms with Gasteiger partial charge in [-0.3, -0.25) is 4.79 Å². The van der Waals surface area contributed by atoms with Gasteiger partial charge in [-0.05, 0) is 48.2 Å². The smallest absolute Gasteiger partial charge is 0.239 e. The summed E-state index contributed by atoms with van der Waals surface area (Å²) in [7, 11) is 3.17. The van der Waals surface area contributed by atoms with Gasteiger partial charge in [0.15, 0.2) is 16.7 Å². The average Bonchev–Trinajstić information content (AvgIpc) is 3.02. The molecule has 140 valence electrons. The minimum Gasteiger partial charge on any atom is -0.493 e. The Bertz CT molecular complexity index is 896. The number of nitrogens with zero attached hydrogens (tertiary/aromatic N) is 2. The van der Waals surface area contributed by atoms with Crippen LogP contribution in [0, 0.1) is 6.92 Å². The van der Waals surface area contributed by atoms with E-state index in [4.69, 9.17) is 9.47 Å². The van der Waals surface area contributed by atoms with Crippen LogP contribution >= 0.6 is 11.8 Å². The zero-order chi connectivity index (χ0) is 19.2. The molecule has 1 atom stereocenters. The predicted octanol–water partition coefficient (Wildman–Crippen LogP) is 3.18. The third-order valence-corrected chi connectivity index (χ3v) is 5.28. The van der Waals surface area contributed by atoms with E-state index < -0.39 is 0 Å². The van der Waals surface area contributed by atoms with Crippen molar-refractivity contribution in [1.29, 1.82) is 0 Å². The van der Waals surface area contributed by atoms with Crippen LogP contribution in [0.1, 0.15) is 16.7 Å². The van der Waals surface area contributed by atoms with Crippen LogP contribution in [0.4, 0.5) is 0 Å². The van der Waals surface area contributed by atoms with Gasteiger partial charge in [0, 0.05) is 0 Å². The molecule has 2 aromatic carbocycles. The van der Waals surface area contributed by atoms with Gasteiger partial charge in [-0.15, -0.1) is 5.10 Å². The number of amides is 1. The van der Waals surface area contributed by atoms with Gasteiger partial charge in [-0.2, -0.15) is 5.10 Å². The van der Waals surface area contributed by atoms with Gasteiger partial charge in [-0.25, -0.2) is 0 Å². The molecule has 27 heavy (non-hydrogen) atoms. The second-order valence-corrected chi connectivity index (χ2v) is 7.18. The first-order chi connectivity index (χ1) is 13.1. The summed E-state index contributed by atoms with van der Waals surface area (Å²) >= 11 is 1.40. The fourth-order valence-corrected chi connectivity index (χ4v) is 3.66. The van der Waals surface area contributed by atoms with Gasteiger partial charge in [-0.1, -0.05) is 36.0 Å². The summed E-state index contributed by atoms with van der Waals surface area (Å²) in [6.07, 6.45) is 2.28. The standard InChI is InChI=1S/C20H21N3O3S/c1-13-6-4-5-7-15(13)11-18-19(24)22-20(27-18)23-21-12-14-8-9-16(25-2)17(10-14)26-3/h4-10,12,18H,11H2,1-3H3,(H,22,23,24)/b21-12-/t18-/m0/s1. The number of amidine groups is 1. The lowest BCUT2D eigenvalue weighted by Gasteiger charge is -2.08. The van der Waals surface area contributed by atoms with Gasteiger partial charge in [0.25, 0.3) is 0 Å². The van der Waals surface area contributed by atoms with E-state index in [0.717, 1.165) is 5.56 Å². The summed E-state index contributed by atoms with van der Waals surface area (Å²) in [6.45, 7) is 2.05. The van der Waals surface area contributed by atoms with E-state index in [0.29, 0.717) is 23.1 Å². The van der Waals surface area contributed by atoms with Crippen LogP contribution in [0.3, 0.4) is 0 Å². The largest absolute Gasteiger partial charge is 0.493 e. The van der Waals surface area contributed by atoms with Crippen LogP contribution in [-0.2, 0) is 11.2 Å². The zero-order valence-electron chi connectivity index (χ0n) is 15.4. The minimum absolute atomic E-state index is 0.0386. The number of benzene rings is 2. The Balaban J connectivity index is 1.65. The van der Waals surface area contributed by atoms with Gasteiger partial charge in [0.1, 0.15) is 0 Å². The summed E-state index contributed by atoms with van der Waals surface area (Å²) in [5.41, 5.74) is 3.17. The molecule has 0 aliphatic carbocycles. The normalized spacial score (nSPS) is 18.1. The Kier molecular flexibility index (Phi) is 6.13. The highest BCUT2D eigenvalue weighted by Gasteiger charge is 2.30. The first-order valence-corrected chi connectivity index (χ1v) is 9.33. The molecular formula is C20H21N3O3S. The molecule has 0 bridgehead atoms. The third kappa shape index (κ3) is 4.68. The molecule has 6 nitrogen and oxygen atoms in total. The maximum absolute atomic E-state index is 12.2. The van der Waals surface area contributed by atoms with Crippen LogP contribution in [0.2, 0.25) is 0 Å². The van der Waals surface area contributed by atoms with Crippen molar-refractivity contribution in [2.75, 3.05) is 14.2 Å². The van der Waals surface area contributed by atoms with Crippen molar-refractivity contribution in [2.45, 2.75) is 18.6 Å². The monoisotopic (exact) mass is 383 g/mol. The van der Waals surface area contributed by atoms with Crippen molar-refractivity contribution < 1.29 is 14.3 Å². The molecule has 1 aliphatic heterocycles. The number of hydrogen-bond donors (Lipinski definition) is 1. The lowest BCUT2D eigenvalue weighted by atomic mass is 10.0. The van der Waals surface area contributed by atoms with E-state index >= 15 is 0 Å². The van der Waals surface area contributed by atoms with Crippen LogP contribution in [0.15, 0.2) is 52.7 Å². The topological polar surface area (TPSA) is 72.3 Å². The summed E-state index contributed by atoms with van der Waals surface area (Å²) < 4.78 is 10.5. The van der Waals surface area contributed by atoms with Crippen LogP contribution in [0.25, 0.3) is 0 Å². The van der Waals surface area contributed by atoms with Crippen LogP contribution < -0.4 is 14.8 Å². The molecule has 0 radical (unpaired) electrons. The third-order valence-electron chi connectivity index (χ3n) is 4.21. The maximum atomic E-state index is 12.2. The number of hydrogen-bond acceptors (Lipinski definition) is 6. The van der Waals surface area contributed by atoms with Crippen molar-refractivity contribution in [3.8, 4) is 11.5 Å². The highest BCUT2D eigenvalue weighted by molar-refractivity contribution is 8.15. The maximum Gasteiger partial charge on any atom is 0.239 e. The Labute approximate surface area is 162 Å². The van der Waals surface area contributed by atoms with Crippen molar-refractivity contribution in [3.63, 3.8) is 0 Å². The second kappa shape index (κ2) is 8.73. The average molecular weight is 383 g/mol. The Hall–Kier alpha value is -2.80. The van der Waals surface area contributed by atoms with Crippen LogP contribution in [0.5, 0.6) is 11.5 Å². The molecule has 0 unspecified atom stereocenters. The van der Waals surface area contributed by atoms with E-state index in [9.17, 15) is 4.79 Å². The van der Waals surface area contributed by atoms with E-state index in [-0.39, 0.29) is 11.2 Å². The number of carbonyl (C=O) groups excluding carboxylic acids is 1. The Morgan fingerprint density at radius 3 is 2.67 bits per heavy atom. The van der Waals surface area contributed by atoms with E-state index in [2.05, 4.69) is 28.5 Å². The predicted molar refractivity (Wildman–Crippen MR) is 109 cm³/mol. The summed E-state index contributed by atoms with van der Waals surface area (Å²) in [6, 6.07) is 13.6. The molecule has 2 aromatic rings. The SMILES string of the molecule is COc1ccc(/C=N\N=C2/NC(=O)[C@H](Cc3ccccc3C)S2)cc1OC. The quantitative estimate of drug-likeness (QED) is 0.614. The highest BCUT2D eigenvalue weighted by atomic mass is 32.2. The summed E-state index contributed by atoms with van der Waals surface area (Å²) in [4.78, 5) is 12.2. The van der Waals surface area contributed by atoms with Gasteiger partial charge in [0.2, 0.25) is 5.91 Å². The molecule has 0 aromatic heterocycles. The molecule has 1 fully saturated rings. The van der Waals surface area contributed by atoms with Gasteiger partial charge < -0.3 is 14.8 Å². The fourth-order valence-electron chi connectivity index (χ4n) is 2.71. The van der Waals surface area contributed by atoms with E-state index in [1.54, 1.807) is 26.5 Å². The highest BCUT2D eigenvalue weighted by Crippen LogP contribution is 2.27. The van der Waals surface area contributed by atoms with Crippen molar-refractivity contribution in [1.82, 2.24) is 5.32 Å². The second-order valence-electron chi connectivity index (χ2n) is 5.99. The molecular weight excluding hydrogens is 362 g/mol. The number of methoxy groups -OCH3 is 2. The first kappa shape index (κ1) is 19.0. The molecule has 1 amide bonds. The number of rotatable bonds is 6. The lowest BCUT2D eigenvalue weighted by Crippen LogP contribution is -2.26. The number of carbonyl (C=O) groups is 1. The Morgan fingerprint density at radius 2 is 1.93 bits per heavy atom. The lowest BCUT2D eigenvalue weighted by molar-refractivity contribution is -0.118. The molecule has 0 spiro atoms. The van der Waals surface area contributed by atoms with Crippen molar-refractivity contribution in [2.24, 2.45) is 10.2 Å². The molecule has 7 heteroatoms. The van der Waals surface area contributed by atoms with E-state index in [1.807, 2.05) is 30.3 Å². The number of ether oxygens (including phenoxy) is 2. The molecule has 0 saturated carbocycles.